The molecule has 0 spiro atoms. The first-order chi connectivity index (χ1) is 9.83. The molecule has 0 saturated carbocycles. The van der Waals surface area contributed by atoms with Gasteiger partial charge in [-0.2, -0.15) is 0 Å². The van der Waals surface area contributed by atoms with Gasteiger partial charge >= 0.3 is 59.1 Å². The van der Waals surface area contributed by atoms with Crippen LogP contribution in [0.5, 0.6) is 0 Å². The maximum atomic E-state index is 11.7. The second-order valence-corrected chi connectivity index (χ2v) is 8.59. The summed E-state index contributed by atoms with van der Waals surface area (Å²) < 4.78 is 69.9. The molecule has 120 valence electrons. The minimum Gasteiger partial charge on any atom is -0.744 e. The van der Waals surface area contributed by atoms with E-state index in [9.17, 15) is 25.9 Å². The van der Waals surface area contributed by atoms with E-state index in [4.69, 9.17) is 0 Å². The normalized spacial score (nSPS) is 12.4. The first kappa shape index (κ1) is 24.5. The average molecular weight is 388 g/mol. The van der Waals surface area contributed by atoms with Crippen molar-refractivity contribution in [1.82, 2.24) is 0 Å². The van der Waals surface area contributed by atoms with E-state index >= 15 is 0 Å². The van der Waals surface area contributed by atoms with E-state index in [0.29, 0.717) is 5.39 Å². The molecular weight excluding hydrogens is 374 g/mol. The number of rotatable bonds is 2. The number of fused-ring (bicyclic) bond motifs is 1. The molecular formula is C14H14Na2O6S2. The van der Waals surface area contributed by atoms with Crippen molar-refractivity contribution in [3.8, 4) is 0 Å². The molecule has 0 aliphatic carbocycles. The summed E-state index contributed by atoms with van der Waals surface area (Å²) in [6.07, 6.45) is 0. The summed E-state index contributed by atoms with van der Waals surface area (Å²) in [6.45, 7) is 4.90. The predicted octanol–water partition coefficient (Wildman–Crippen LogP) is -4.05. The molecule has 0 amide bonds. The molecule has 0 bridgehead atoms. The van der Waals surface area contributed by atoms with Crippen molar-refractivity contribution < 1.29 is 85.1 Å². The van der Waals surface area contributed by atoms with Gasteiger partial charge in [-0.3, -0.25) is 0 Å². The zero-order valence-corrected chi connectivity index (χ0v) is 19.8. The van der Waals surface area contributed by atoms with Gasteiger partial charge in [0.1, 0.15) is 20.2 Å². The molecule has 10 heteroatoms. The van der Waals surface area contributed by atoms with Crippen LogP contribution in [-0.2, 0) is 25.7 Å². The van der Waals surface area contributed by atoms with Crippen LogP contribution in [0.2, 0.25) is 0 Å². The number of hydrogen-bond donors (Lipinski definition) is 0. The van der Waals surface area contributed by atoms with Crippen molar-refractivity contribution >= 4 is 31.0 Å². The Kier molecular flexibility index (Phi) is 8.21. The van der Waals surface area contributed by atoms with Gasteiger partial charge in [-0.05, 0) is 22.4 Å². The first-order valence-electron chi connectivity index (χ1n) is 6.31. The monoisotopic (exact) mass is 388 g/mol. The third kappa shape index (κ3) is 5.03. The van der Waals surface area contributed by atoms with Gasteiger partial charge in [0.15, 0.2) is 0 Å². The molecule has 0 aliphatic rings. The Morgan fingerprint density at radius 2 is 1.29 bits per heavy atom. The molecule has 0 radical (unpaired) electrons. The van der Waals surface area contributed by atoms with Crippen LogP contribution >= 0.6 is 0 Å². The average Bonchev–Trinajstić information content (AvgIpc) is 2.33. The Labute approximate surface area is 186 Å². The van der Waals surface area contributed by atoms with Gasteiger partial charge in [-0.25, -0.2) is 16.8 Å². The molecule has 2 aromatic rings. The SMILES string of the molecule is CC(C)(C)c1cc2ccccc2c(S(=O)(=O)[O-])c1S(=O)(=O)[O-].[Na+].[Na+]. The molecule has 0 unspecified atom stereocenters. The molecule has 0 N–H and O–H groups in total. The Hall–Kier alpha value is 0.520. The largest absolute Gasteiger partial charge is 1.00 e. The quantitative estimate of drug-likeness (QED) is 0.382. The fraction of sp³-hybridized carbons (Fsp3) is 0.286. The molecule has 2 rings (SSSR count). The second-order valence-electron chi connectivity index (χ2n) is 5.96. The van der Waals surface area contributed by atoms with Gasteiger partial charge in [-0.15, -0.1) is 0 Å². The summed E-state index contributed by atoms with van der Waals surface area (Å²) in [6, 6.07) is 7.40. The van der Waals surface area contributed by atoms with Crippen LogP contribution in [0.25, 0.3) is 10.8 Å². The zero-order chi connectivity index (χ0) is 16.9. The van der Waals surface area contributed by atoms with Gasteiger partial charge in [0.25, 0.3) is 0 Å². The van der Waals surface area contributed by atoms with Crippen LogP contribution in [0.15, 0.2) is 40.1 Å². The minimum atomic E-state index is -5.16. The van der Waals surface area contributed by atoms with Crippen LogP contribution in [0, 0.1) is 0 Å². The van der Waals surface area contributed by atoms with Crippen molar-refractivity contribution in [3.05, 3.63) is 35.9 Å². The molecule has 0 aliphatic heterocycles. The van der Waals surface area contributed by atoms with Crippen LogP contribution in [0.3, 0.4) is 0 Å². The Bertz CT molecular complexity index is 961. The molecule has 2 aromatic carbocycles. The Balaban J connectivity index is 0.00000264. The predicted molar refractivity (Wildman–Crippen MR) is 78.6 cm³/mol. The zero-order valence-electron chi connectivity index (χ0n) is 14.2. The Morgan fingerprint density at radius 3 is 1.71 bits per heavy atom. The van der Waals surface area contributed by atoms with Crippen molar-refractivity contribution in [2.45, 2.75) is 36.0 Å². The van der Waals surface area contributed by atoms with Gasteiger partial charge in [0.05, 0.1) is 9.79 Å². The number of benzene rings is 2. The van der Waals surface area contributed by atoms with E-state index in [1.54, 1.807) is 32.9 Å². The molecule has 0 aromatic heterocycles. The summed E-state index contributed by atoms with van der Waals surface area (Å²) >= 11 is 0. The van der Waals surface area contributed by atoms with E-state index in [-0.39, 0.29) is 70.1 Å². The van der Waals surface area contributed by atoms with Crippen LogP contribution < -0.4 is 59.1 Å². The summed E-state index contributed by atoms with van der Waals surface area (Å²) in [5.74, 6) is 0. The fourth-order valence-corrected chi connectivity index (χ4v) is 4.72. The summed E-state index contributed by atoms with van der Waals surface area (Å²) in [5.41, 5.74) is -0.827. The molecule has 0 saturated heterocycles. The molecule has 0 fully saturated rings. The van der Waals surface area contributed by atoms with Gasteiger partial charge in [0, 0.05) is 5.39 Å². The maximum absolute atomic E-state index is 11.7. The van der Waals surface area contributed by atoms with Crippen molar-refractivity contribution in [2.75, 3.05) is 0 Å². The van der Waals surface area contributed by atoms with Crippen molar-refractivity contribution in [3.63, 3.8) is 0 Å². The standard InChI is InChI=1S/C14H16O6S2.2Na/c1-14(2,3)11-8-9-6-4-5-7-10(9)12(21(15,16)17)13(11)22(18,19)20;;/h4-8H,1-3H3,(H,15,16,17)(H,18,19,20);;/q;2*+1/p-2. The van der Waals surface area contributed by atoms with E-state index in [1.807, 2.05) is 0 Å². The van der Waals surface area contributed by atoms with E-state index in [0.717, 1.165) is 0 Å². The second kappa shape index (κ2) is 8.04. The fourth-order valence-electron chi connectivity index (χ4n) is 2.35. The topological polar surface area (TPSA) is 114 Å². The van der Waals surface area contributed by atoms with Gasteiger partial charge < -0.3 is 9.11 Å². The molecule has 0 heterocycles. The minimum absolute atomic E-state index is 0. The molecule has 6 nitrogen and oxygen atoms in total. The molecule has 24 heavy (non-hydrogen) atoms. The van der Waals surface area contributed by atoms with Crippen LogP contribution in [0.1, 0.15) is 26.3 Å². The van der Waals surface area contributed by atoms with E-state index < -0.39 is 35.4 Å². The van der Waals surface area contributed by atoms with Gasteiger partial charge in [-0.1, -0.05) is 45.0 Å². The maximum Gasteiger partial charge on any atom is 1.00 e. The first-order valence-corrected chi connectivity index (χ1v) is 9.13. The van der Waals surface area contributed by atoms with Crippen molar-refractivity contribution in [1.29, 1.82) is 0 Å². The summed E-state index contributed by atoms with van der Waals surface area (Å²) in [4.78, 5) is -1.92. The van der Waals surface area contributed by atoms with E-state index in [2.05, 4.69) is 0 Å². The van der Waals surface area contributed by atoms with E-state index in [1.165, 1.54) is 18.2 Å². The van der Waals surface area contributed by atoms with Crippen LogP contribution in [-0.4, -0.2) is 25.9 Å². The summed E-state index contributed by atoms with van der Waals surface area (Å²) in [7, 11) is -10.3. The summed E-state index contributed by atoms with van der Waals surface area (Å²) in [5, 5.41) is 0.314. The third-order valence-electron chi connectivity index (χ3n) is 3.26. The van der Waals surface area contributed by atoms with Crippen LogP contribution in [0.4, 0.5) is 0 Å². The number of hydrogen-bond acceptors (Lipinski definition) is 6. The third-order valence-corrected chi connectivity index (χ3v) is 5.24. The van der Waals surface area contributed by atoms with Crippen molar-refractivity contribution in [2.24, 2.45) is 0 Å². The van der Waals surface area contributed by atoms with Gasteiger partial charge in [0.2, 0.25) is 0 Å². The Morgan fingerprint density at radius 1 is 0.833 bits per heavy atom. The smallest absolute Gasteiger partial charge is 0.744 e. The molecule has 0 atom stereocenters.